The molecule has 20 heavy (non-hydrogen) atoms. The maximum Gasteiger partial charge on any atom is 0.178 e. The molecule has 2 aromatic heterocycles. The molecule has 3 rings (SSSR count). The topological polar surface area (TPSA) is 29.9 Å². The third-order valence-corrected chi connectivity index (χ3v) is 4.90. The van der Waals surface area contributed by atoms with Crippen LogP contribution in [0.4, 0.5) is 0 Å². The van der Waals surface area contributed by atoms with E-state index in [1.54, 1.807) is 7.11 Å². The summed E-state index contributed by atoms with van der Waals surface area (Å²) in [5, 5.41) is 0. The highest BCUT2D eigenvalue weighted by molar-refractivity contribution is 7.71. The number of ether oxygens (including phenoxy) is 1. The minimum Gasteiger partial charge on any atom is -0.497 e. The molecule has 0 bridgehead atoms. The summed E-state index contributed by atoms with van der Waals surface area (Å²) >= 11 is 7.28. The van der Waals surface area contributed by atoms with E-state index in [-0.39, 0.29) is 0 Å². The van der Waals surface area contributed by atoms with Crippen molar-refractivity contribution >= 4 is 34.6 Å². The van der Waals surface area contributed by atoms with Gasteiger partial charge in [-0.05, 0) is 42.9 Å². The maximum absolute atomic E-state index is 5.44. The van der Waals surface area contributed by atoms with E-state index >= 15 is 0 Å². The average Bonchev–Trinajstić information content (AvgIpc) is 3.04. The molecule has 0 radical (unpaired) electrons. The predicted octanol–water partition coefficient (Wildman–Crippen LogP) is 4.38. The lowest BCUT2D eigenvalue weighted by Gasteiger charge is -2.04. The molecule has 0 atom stereocenters. The number of rotatable bonds is 4. The van der Waals surface area contributed by atoms with Gasteiger partial charge >= 0.3 is 0 Å². The van der Waals surface area contributed by atoms with Gasteiger partial charge in [0.05, 0.1) is 24.7 Å². The Morgan fingerprint density at radius 2 is 2.05 bits per heavy atom. The van der Waals surface area contributed by atoms with Crippen LogP contribution in [-0.4, -0.2) is 16.7 Å². The van der Waals surface area contributed by atoms with Gasteiger partial charge in [-0.1, -0.05) is 6.92 Å². The van der Waals surface area contributed by atoms with Crippen LogP contribution < -0.4 is 4.74 Å². The molecule has 1 aromatic carbocycles. The number of hydrogen-bond donors (Lipinski definition) is 1. The van der Waals surface area contributed by atoms with Crippen molar-refractivity contribution in [1.82, 2.24) is 9.55 Å². The standard InChI is InChI=1S/C15H16N2OS2/c1-3-11-5-6-12(20-11)9-17-14-8-10(18-2)4-7-13(14)16-15(17)19/h4-8H,3,9H2,1-2H3,(H,16,19). The number of nitrogens with one attached hydrogen (secondary N) is 1. The maximum atomic E-state index is 5.44. The van der Waals surface area contributed by atoms with Crippen molar-refractivity contribution in [3.63, 3.8) is 0 Å². The highest BCUT2D eigenvalue weighted by Gasteiger charge is 2.08. The van der Waals surface area contributed by atoms with Gasteiger partial charge in [0.15, 0.2) is 4.77 Å². The monoisotopic (exact) mass is 304 g/mol. The van der Waals surface area contributed by atoms with Gasteiger partial charge in [-0.3, -0.25) is 0 Å². The normalized spacial score (nSPS) is 11.1. The molecule has 2 heterocycles. The first kappa shape index (κ1) is 13.4. The summed E-state index contributed by atoms with van der Waals surface area (Å²) in [4.78, 5) is 5.97. The number of nitrogens with zero attached hydrogens (tertiary/aromatic N) is 1. The second kappa shape index (κ2) is 5.42. The van der Waals surface area contributed by atoms with Gasteiger partial charge in [0.1, 0.15) is 5.75 Å². The van der Waals surface area contributed by atoms with Crippen LogP contribution in [0.5, 0.6) is 5.75 Å². The molecule has 0 spiro atoms. The van der Waals surface area contributed by atoms with Gasteiger partial charge in [-0.25, -0.2) is 0 Å². The van der Waals surface area contributed by atoms with Gasteiger partial charge in [0.25, 0.3) is 0 Å². The summed E-state index contributed by atoms with van der Waals surface area (Å²) in [6.45, 7) is 2.98. The Kier molecular flexibility index (Phi) is 3.63. The van der Waals surface area contributed by atoms with Crippen molar-refractivity contribution in [2.75, 3.05) is 7.11 Å². The van der Waals surface area contributed by atoms with Gasteiger partial charge in [0.2, 0.25) is 0 Å². The van der Waals surface area contributed by atoms with Crippen LogP contribution in [0.25, 0.3) is 11.0 Å². The summed E-state index contributed by atoms with van der Waals surface area (Å²) in [7, 11) is 1.68. The predicted molar refractivity (Wildman–Crippen MR) is 86.5 cm³/mol. The molecule has 0 saturated heterocycles. The fourth-order valence-corrected chi connectivity index (χ4v) is 3.49. The zero-order valence-electron chi connectivity index (χ0n) is 11.5. The number of hydrogen-bond acceptors (Lipinski definition) is 3. The summed E-state index contributed by atoms with van der Waals surface area (Å²) in [5.41, 5.74) is 2.13. The van der Waals surface area contributed by atoms with Crippen molar-refractivity contribution in [3.8, 4) is 5.75 Å². The third kappa shape index (κ3) is 2.39. The Balaban J connectivity index is 2.05. The van der Waals surface area contributed by atoms with Gasteiger partial charge in [-0.15, -0.1) is 11.3 Å². The molecule has 0 aliphatic carbocycles. The first-order chi connectivity index (χ1) is 9.71. The van der Waals surface area contributed by atoms with Crippen LogP contribution in [0.2, 0.25) is 0 Å². The minimum atomic E-state index is 0.750. The zero-order valence-corrected chi connectivity index (χ0v) is 13.1. The third-order valence-electron chi connectivity index (χ3n) is 3.36. The molecule has 104 valence electrons. The van der Waals surface area contributed by atoms with Crippen LogP contribution in [0, 0.1) is 4.77 Å². The summed E-state index contributed by atoms with van der Waals surface area (Å²) in [6.07, 6.45) is 1.08. The molecule has 0 unspecified atom stereocenters. The minimum absolute atomic E-state index is 0.750. The highest BCUT2D eigenvalue weighted by atomic mass is 32.1. The zero-order chi connectivity index (χ0) is 14.1. The van der Waals surface area contributed by atoms with E-state index in [1.165, 1.54) is 9.75 Å². The van der Waals surface area contributed by atoms with E-state index in [0.29, 0.717) is 0 Å². The number of aryl methyl sites for hydroxylation is 1. The first-order valence-electron chi connectivity index (χ1n) is 6.55. The largest absolute Gasteiger partial charge is 0.497 e. The summed E-state index contributed by atoms with van der Waals surface area (Å²) in [5.74, 6) is 0.848. The van der Waals surface area contributed by atoms with Crippen molar-refractivity contribution in [1.29, 1.82) is 0 Å². The van der Waals surface area contributed by atoms with E-state index in [2.05, 4.69) is 28.6 Å². The number of aromatic amines is 1. The number of H-pyrrole nitrogens is 1. The van der Waals surface area contributed by atoms with Crippen LogP contribution in [0.15, 0.2) is 30.3 Å². The molecule has 0 saturated carbocycles. The first-order valence-corrected chi connectivity index (χ1v) is 7.78. The van der Waals surface area contributed by atoms with Crippen molar-refractivity contribution in [3.05, 3.63) is 44.9 Å². The smallest absolute Gasteiger partial charge is 0.178 e. The van der Waals surface area contributed by atoms with E-state index in [1.807, 2.05) is 29.5 Å². The average molecular weight is 304 g/mol. The summed E-state index contributed by atoms with van der Waals surface area (Å²) < 4.78 is 8.17. The van der Waals surface area contributed by atoms with Crippen LogP contribution in [-0.2, 0) is 13.0 Å². The molecular weight excluding hydrogens is 288 g/mol. The van der Waals surface area contributed by atoms with E-state index in [4.69, 9.17) is 17.0 Å². The Morgan fingerprint density at radius 1 is 1.25 bits per heavy atom. The number of imidazole rings is 1. The molecular formula is C15H16N2OS2. The van der Waals surface area contributed by atoms with Gasteiger partial charge in [-0.2, -0.15) is 0 Å². The van der Waals surface area contributed by atoms with Gasteiger partial charge < -0.3 is 14.3 Å². The molecule has 5 heteroatoms. The Labute approximate surface area is 126 Å². The number of fused-ring (bicyclic) bond motifs is 1. The fourth-order valence-electron chi connectivity index (χ4n) is 2.27. The van der Waals surface area contributed by atoms with E-state index in [0.717, 1.165) is 34.5 Å². The molecule has 0 fully saturated rings. The molecule has 1 N–H and O–H groups in total. The second-order valence-electron chi connectivity index (χ2n) is 4.62. The lowest BCUT2D eigenvalue weighted by Crippen LogP contribution is -1.97. The number of methoxy groups -OCH3 is 1. The summed E-state index contributed by atoms with van der Waals surface area (Å²) in [6, 6.07) is 10.4. The molecule has 0 aliphatic heterocycles. The number of benzene rings is 1. The Morgan fingerprint density at radius 3 is 2.75 bits per heavy atom. The second-order valence-corrected chi connectivity index (χ2v) is 6.26. The van der Waals surface area contributed by atoms with E-state index in [9.17, 15) is 0 Å². The Hall–Kier alpha value is -1.59. The van der Waals surface area contributed by atoms with Crippen LogP contribution in [0.3, 0.4) is 0 Å². The highest BCUT2D eigenvalue weighted by Crippen LogP contribution is 2.24. The lowest BCUT2D eigenvalue weighted by molar-refractivity contribution is 0.415. The van der Waals surface area contributed by atoms with Crippen LogP contribution >= 0.6 is 23.6 Å². The molecule has 0 amide bonds. The SMILES string of the molecule is CCc1ccc(Cn2c(=S)[nH]c3ccc(OC)cc32)s1. The lowest BCUT2D eigenvalue weighted by atomic mass is 10.3. The number of aromatic nitrogens is 2. The fraction of sp³-hybridized carbons (Fsp3) is 0.267. The molecule has 3 nitrogen and oxygen atoms in total. The van der Waals surface area contributed by atoms with Gasteiger partial charge in [0, 0.05) is 15.8 Å². The van der Waals surface area contributed by atoms with Crippen molar-refractivity contribution in [2.45, 2.75) is 19.9 Å². The van der Waals surface area contributed by atoms with Crippen molar-refractivity contribution < 1.29 is 4.74 Å². The van der Waals surface area contributed by atoms with Crippen molar-refractivity contribution in [2.24, 2.45) is 0 Å². The molecule has 3 aromatic rings. The molecule has 0 aliphatic rings. The van der Waals surface area contributed by atoms with Crippen LogP contribution in [0.1, 0.15) is 16.7 Å². The Bertz CT molecular complexity index is 798. The number of thiophene rings is 1. The van der Waals surface area contributed by atoms with E-state index < -0.39 is 0 Å². The quantitative estimate of drug-likeness (QED) is 0.725.